The van der Waals surface area contributed by atoms with E-state index in [1.165, 1.54) is 11.6 Å². The van der Waals surface area contributed by atoms with Gasteiger partial charge in [0.25, 0.3) is 5.56 Å². The second kappa shape index (κ2) is 7.31. The molecule has 3 N–H and O–H groups in total. The number of carbonyl (C=O) groups is 1. The first kappa shape index (κ1) is 18.4. The summed E-state index contributed by atoms with van der Waals surface area (Å²) in [5, 5.41) is 0. The van der Waals surface area contributed by atoms with Gasteiger partial charge in [-0.25, -0.2) is 4.79 Å². The fourth-order valence-electron chi connectivity index (χ4n) is 3.33. The highest BCUT2D eigenvalue weighted by Gasteiger charge is 2.30. The molecule has 0 aliphatic carbocycles. The molecule has 8 nitrogen and oxygen atoms in total. The Morgan fingerprint density at radius 2 is 1.88 bits per heavy atom. The number of hydrogen-bond donors (Lipinski definition) is 2. The van der Waals surface area contributed by atoms with Gasteiger partial charge < -0.3 is 15.4 Å². The first-order chi connectivity index (χ1) is 11.3. The summed E-state index contributed by atoms with van der Waals surface area (Å²) in [5.41, 5.74) is 4.81. The van der Waals surface area contributed by atoms with Gasteiger partial charge in [0, 0.05) is 13.6 Å². The Morgan fingerprint density at radius 1 is 1.29 bits per heavy atom. The number of morpholine rings is 1. The van der Waals surface area contributed by atoms with Gasteiger partial charge in [-0.2, -0.15) is 0 Å². The van der Waals surface area contributed by atoms with Gasteiger partial charge in [0.2, 0.25) is 5.78 Å². The van der Waals surface area contributed by atoms with Crippen LogP contribution in [0.4, 0.5) is 5.82 Å². The van der Waals surface area contributed by atoms with Crippen molar-refractivity contribution in [1.82, 2.24) is 9.13 Å². The molecule has 2 rings (SSSR count). The van der Waals surface area contributed by atoms with Crippen LogP contribution in [0, 0.1) is 0 Å². The smallest absolute Gasteiger partial charge is 0.332 e. The molecule has 1 aliphatic heterocycles. The van der Waals surface area contributed by atoms with Gasteiger partial charge in [-0.05, 0) is 20.3 Å². The zero-order valence-corrected chi connectivity index (χ0v) is 14.8. The number of ketones is 1. The Labute approximate surface area is 140 Å². The van der Waals surface area contributed by atoms with E-state index in [4.69, 9.17) is 10.5 Å². The normalized spacial score (nSPS) is 24.1. The van der Waals surface area contributed by atoms with E-state index in [0.717, 1.165) is 9.47 Å². The summed E-state index contributed by atoms with van der Waals surface area (Å²) >= 11 is 0. The highest BCUT2D eigenvalue weighted by molar-refractivity contribution is 6.00. The molecule has 1 saturated heterocycles. The minimum atomic E-state index is -0.622. The highest BCUT2D eigenvalue weighted by atomic mass is 16.5. The van der Waals surface area contributed by atoms with Gasteiger partial charge in [0.1, 0.15) is 43.2 Å². The number of aromatic nitrogens is 2. The highest BCUT2D eigenvalue weighted by Crippen LogP contribution is 2.06. The molecule has 1 aromatic heterocycles. The SMILES string of the molecule is CCCn1c(N)c(C(=O)C[NH+]2C[C@@H](C)O[C@@H](C)C2)c(=O)n(C)c1=O. The largest absolute Gasteiger partial charge is 0.384 e. The fraction of sp³-hybridized carbons (Fsp3) is 0.688. The molecule has 3 atom stereocenters. The average Bonchev–Trinajstić information content (AvgIpc) is 2.48. The number of ether oxygens (including phenoxy) is 1. The first-order valence-corrected chi connectivity index (χ1v) is 8.37. The third kappa shape index (κ3) is 3.59. The number of anilines is 1. The number of nitrogens with zero attached hydrogens (tertiary/aromatic N) is 2. The predicted molar refractivity (Wildman–Crippen MR) is 90.5 cm³/mol. The standard InChI is InChI=1S/C16H26N4O4/c1-5-6-20-14(17)13(15(22)18(4)16(20)23)12(21)9-19-7-10(2)24-11(3)8-19/h10-11H,5-9,17H2,1-4H3/p+1/t10-,11+. The van der Waals surface area contributed by atoms with Crippen LogP contribution in [0.2, 0.25) is 0 Å². The van der Waals surface area contributed by atoms with Crippen molar-refractivity contribution in [1.29, 1.82) is 0 Å². The summed E-state index contributed by atoms with van der Waals surface area (Å²) in [7, 11) is 1.37. The third-order valence-corrected chi connectivity index (χ3v) is 4.34. The Morgan fingerprint density at radius 3 is 2.42 bits per heavy atom. The van der Waals surface area contributed by atoms with Crippen molar-refractivity contribution in [2.75, 3.05) is 25.4 Å². The van der Waals surface area contributed by atoms with Crippen LogP contribution in [-0.4, -0.2) is 46.8 Å². The molecule has 8 heteroatoms. The van der Waals surface area contributed by atoms with E-state index < -0.39 is 11.2 Å². The molecular formula is C16H27N4O4+. The molecule has 0 bridgehead atoms. The molecule has 0 saturated carbocycles. The number of nitrogen functional groups attached to an aromatic ring is 1. The lowest BCUT2D eigenvalue weighted by molar-refractivity contribution is -0.906. The molecular weight excluding hydrogens is 312 g/mol. The average molecular weight is 339 g/mol. The zero-order valence-electron chi connectivity index (χ0n) is 14.8. The quantitative estimate of drug-likeness (QED) is 0.630. The lowest BCUT2D eigenvalue weighted by atomic mass is 10.1. The first-order valence-electron chi connectivity index (χ1n) is 8.37. The Bertz CT molecular complexity index is 727. The van der Waals surface area contributed by atoms with Gasteiger partial charge in [0.05, 0.1) is 0 Å². The number of Topliss-reactive ketones (excluding diaryl/α,β-unsaturated/α-hetero) is 1. The van der Waals surface area contributed by atoms with Gasteiger partial charge in [-0.15, -0.1) is 0 Å². The van der Waals surface area contributed by atoms with Crippen LogP contribution in [0.5, 0.6) is 0 Å². The van der Waals surface area contributed by atoms with Crippen LogP contribution in [0.3, 0.4) is 0 Å². The van der Waals surface area contributed by atoms with Crippen molar-refractivity contribution >= 4 is 11.6 Å². The van der Waals surface area contributed by atoms with E-state index in [9.17, 15) is 14.4 Å². The van der Waals surface area contributed by atoms with Crippen LogP contribution >= 0.6 is 0 Å². The summed E-state index contributed by atoms with van der Waals surface area (Å²) in [5.74, 6) is -0.349. The number of quaternary nitrogens is 1. The second-order valence-electron chi connectivity index (χ2n) is 6.57. The van der Waals surface area contributed by atoms with Crippen molar-refractivity contribution in [2.45, 2.75) is 45.9 Å². The third-order valence-electron chi connectivity index (χ3n) is 4.34. The molecule has 0 amide bonds. The van der Waals surface area contributed by atoms with Crippen LogP contribution in [0.15, 0.2) is 9.59 Å². The molecule has 2 heterocycles. The Balaban J connectivity index is 2.35. The van der Waals surface area contributed by atoms with Crippen molar-refractivity contribution in [3.8, 4) is 0 Å². The lowest BCUT2D eigenvalue weighted by Gasteiger charge is -2.32. The maximum absolute atomic E-state index is 12.7. The number of nitrogens with one attached hydrogen (secondary N) is 1. The monoisotopic (exact) mass is 339 g/mol. The topological polar surface area (TPSA) is 101 Å². The summed E-state index contributed by atoms with van der Waals surface area (Å²) in [6.07, 6.45) is 0.802. The molecule has 1 unspecified atom stereocenters. The van der Waals surface area contributed by atoms with Gasteiger partial charge in [0.15, 0.2) is 0 Å². The van der Waals surface area contributed by atoms with Gasteiger partial charge in [-0.1, -0.05) is 6.92 Å². The lowest BCUT2D eigenvalue weighted by Crippen LogP contribution is -3.16. The molecule has 1 fully saturated rings. The van der Waals surface area contributed by atoms with Crippen molar-refractivity contribution in [3.63, 3.8) is 0 Å². The molecule has 0 radical (unpaired) electrons. The molecule has 1 aromatic rings. The van der Waals surface area contributed by atoms with E-state index >= 15 is 0 Å². The van der Waals surface area contributed by atoms with Crippen LogP contribution in [0.1, 0.15) is 37.6 Å². The van der Waals surface area contributed by atoms with Crippen LogP contribution < -0.4 is 21.9 Å². The van der Waals surface area contributed by atoms with Crippen molar-refractivity contribution in [2.24, 2.45) is 7.05 Å². The molecule has 0 aromatic carbocycles. The summed E-state index contributed by atoms with van der Waals surface area (Å²) in [4.78, 5) is 38.3. The molecule has 134 valence electrons. The minimum Gasteiger partial charge on any atom is -0.384 e. The van der Waals surface area contributed by atoms with E-state index in [0.29, 0.717) is 26.1 Å². The Kier molecular flexibility index (Phi) is 5.61. The maximum Gasteiger partial charge on any atom is 0.332 e. The molecule has 0 spiro atoms. The van der Waals surface area contributed by atoms with Crippen molar-refractivity contribution in [3.05, 3.63) is 26.4 Å². The van der Waals surface area contributed by atoms with E-state index in [2.05, 4.69) is 0 Å². The number of rotatable bonds is 5. The van der Waals surface area contributed by atoms with Crippen LogP contribution in [0.25, 0.3) is 0 Å². The number of hydrogen-bond acceptors (Lipinski definition) is 5. The van der Waals surface area contributed by atoms with E-state index in [1.54, 1.807) is 0 Å². The van der Waals surface area contributed by atoms with Crippen molar-refractivity contribution < 1.29 is 14.4 Å². The summed E-state index contributed by atoms with van der Waals surface area (Å²) < 4.78 is 7.93. The predicted octanol–water partition coefficient (Wildman–Crippen LogP) is -1.59. The van der Waals surface area contributed by atoms with Gasteiger partial charge >= 0.3 is 5.69 Å². The van der Waals surface area contributed by atoms with Gasteiger partial charge in [-0.3, -0.25) is 18.7 Å². The van der Waals surface area contributed by atoms with E-state index in [-0.39, 0.29) is 35.9 Å². The minimum absolute atomic E-state index is 0.0243. The summed E-state index contributed by atoms with van der Waals surface area (Å²) in [6.45, 7) is 7.78. The molecule has 1 aliphatic rings. The number of carbonyl (C=O) groups excluding carboxylic acids is 1. The fourth-order valence-corrected chi connectivity index (χ4v) is 3.33. The maximum atomic E-state index is 12.7. The van der Waals surface area contributed by atoms with Crippen LogP contribution in [-0.2, 0) is 18.3 Å². The molecule has 24 heavy (non-hydrogen) atoms. The number of nitrogens with two attached hydrogens (primary N) is 1. The zero-order chi connectivity index (χ0) is 18.0. The van der Waals surface area contributed by atoms with E-state index in [1.807, 2.05) is 20.8 Å². The second-order valence-corrected chi connectivity index (χ2v) is 6.57. The summed E-state index contributed by atoms with van der Waals surface area (Å²) in [6, 6.07) is 0. The Hall–Kier alpha value is -1.93.